The number of para-hydroxylation sites is 1. The summed E-state index contributed by atoms with van der Waals surface area (Å²) >= 11 is 3.60. The van der Waals surface area contributed by atoms with Crippen LogP contribution in [0.3, 0.4) is 0 Å². The molecule has 0 unspecified atom stereocenters. The molecule has 0 radical (unpaired) electrons. The first-order valence-electron chi connectivity index (χ1n) is 9.87. The van der Waals surface area contributed by atoms with Crippen LogP contribution in [0.25, 0.3) is 10.9 Å². The molecule has 2 aromatic carbocycles. The second-order valence-corrected chi connectivity index (χ2v) is 8.44. The summed E-state index contributed by atoms with van der Waals surface area (Å²) in [5.74, 6) is -2.16. The average Bonchev–Trinajstić information content (AvgIpc) is 3.00. The highest BCUT2D eigenvalue weighted by molar-refractivity contribution is 9.10. The van der Waals surface area contributed by atoms with Gasteiger partial charge in [-0.1, -0.05) is 18.2 Å². The van der Waals surface area contributed by atoms with Crippen molar-refractivity contribution in [1.82, 2.24) is 9.47 Å². The van der Waals surface area contributed by atoms with Crippen molar-refractivity contribution < 1.29 is 18.4 Å². The van der Waals surface area contributed by atoms with Gasteiger partial charge in [0, 0.05) is 40.1 Å². The third-order valence-corrected chi connectivity index (χ3v) is 6.86. The number of carbonyl (C=O) groups is 2. The van der Waals surface area contributed by atoms with E-state index in [0.717, 1.165) is 39.3 Å². The van der Waals surface area contributed by atoms with Gasteiger partial charge in [-0.25, -0.2) is 8.78 Å². The first-order chi connectivity index (χ1) is 14.4. The van der Waals surface area contributed by atoms with Crippen LogP contribution in [-0.4, -0.2) is 34.2 Å². The van der Waals surface area contributed by atoms with Crippen LogP contribution < -0.4 is 0 Å². The first kappa shape index (κ1) is 20.7. The highest BCUT2D eigenvalue weighted by Gasteiger charge is 2.30. The van der Waals surface area contributed by atoms with Gasteiger partial charge in [-0.3, -0.25) is 9.59 Å². The molecule has 1 aliphatic rings. The number of benzene rings is 2. The summed E-state index contributed by atoms with van der Waals surface area (Å²) in [7, 11) is 0. The van der Waals surface area contributed by atoms with Crippen molar-refractivity contribution >= 4 is 38.5 Å². The lowest BCUT2D eigenvalue weighted by atomic mass is 9.88. The van der Waals surface area contributed by atoms with Crippen LogP contribution in [0.5, 0.6) is 0 Å². The second-order valence-electron chi connectivity index (χ2n) is 7.65. The van der Waals surface area contributed by atoms with Crippen LogP contribution >= 0.6 is 15.9 Å². The SMILES string of the molecule is Cc1c(Br)c2ccccc2n1CC(=O)N1CCC(C(=O)c2cc(F)ccc2F)CC1. The van der Waals surface area contributed by atoms with E-state index in [4.69, 9.17) is 0 Å². The molecule has 0 N–H and O–H groups in total. The molecule has 0 atom stereocenters. The Balaban J connectivity index is 1.44. The summed E-state index contributed by atoms with van der Waals surface area (Å²) in [5, 5.41) is 1.06. The summed E-state index contributed by atoms with van der Waals surface area (Å²) in [6, 6.07) is 10.8. The minimum absolute atomic E-state index is 0.0193. The van der Waals surface area contributed by atoms with E-state index in [0.29, 0.717) is 25.9 Å². The number of hydrogen-bond acceptors (Lipinski definition) is 2. The zero-order chi connectivity index (χ0) is 21.4. The molecule has 0 spiro atoms. The number of halogens is 3. The Morgan fingerprint density at radius 1 is 1.10 bits per heavy atom. The predicted octanol–water partition coefficient (Wildman–Crippen LogP) is 5.11. The smallest absolute Gasteiger partial charge is 0.242 e. The highest BCUT2D eigenvalue weighted by Crippen LogP contribution is 2.31. The molecule has 4 rings (SSSR count). The number of rotatable bonds is 4. The lowest BCUT2D eigenvalue weighted by Crippen LogP contribution is -2.42. The van der Waals surface area contributed by atoms with Crippen LogP contribution in [-0.2, 0) is 11.3 Å². The van der Waals surface area contributed by atoms with Crippen LogP contribution in [0.1, 0.15) is 28.9 Å². The Labute approximate surface area is 181 Å². The molecule has 1 aliphatic heterocycles. The van der Waals surface area contributed by atoms with Gasteiger partial charge in [0.15, 0.2) is 5.78 Å². The summed E-state index contributed by atoms with van der Waals surface area (Å²) in [6.45, 7) is 3.03. The maximum Gasteiger partial charge on any atom is 0.242 e. The summed E-state index contributed by atoms with van der Waals surface area (Å²) in [6.07, 6.45) is 0.880. The summed E-state index contributed by atoms with van der Waals surface area (Å²) in [5.41, 5.74) is 1.76. The molecular formula is C23H21BrF2N2O2. The number of Topliss-reactive ketones (excluding diaryl/α,β-unsaturated/α-hetero) is 1. The van der Waals surface area contributed by atoms with Crippen molar-refractivity contribution in [2.45, 2.75) is 26.3 Å². The van der Waals surface area contributed by atoms with E-state index in [1.807, 2.05) is 35.8 Å². The molecule has 30 heavy (non-hydrogen) atoms. The molecule has 4 nitrogen and oxygen atoms in total. The van der Waals surface area contributed by atoms with Gasteiger partial charge < -0.3 is 9.47 Å². The number of ketones is 1. The monoisotopic (exact) mass is 474 g/mol. The van der Waals surface area contributed by atoms with Gasteiger partial charge in [-0.15, -0.1) is 0 Å². The average molecular weight is 475 g/mol. The van der Waals surface area contributed by atoms with Crippen molar-refractivity contribution in [2.24, 2.45) is 5.92 Å². The largest absolute Gasteiger partial charge is 0.341 e. The van der Waals surface area contributed by atoms with E-state index in [1.54, 1.807) is 4.90 Å². The number of likely N-dealkylation sites (tertiary alicyclic amines) is 1. The predicted molar refractivity (Wildman–Crippen MR) is 114 cm³/mol. The van der Waals surface area contributed by atoms with Gasteiger partial charge in [0.2, 0.25) is 5.91 Å². The van der Waals surface area contributed by atoms with Gasteiger partial charge in [0.1, 0.15) is 18.2 Å². The number of piperidine rings is 1. The minimum Gasteiger partial charge on any atom is -0.341 e. The molecule has 0 bridgehead atoms. The Hall–Kier alpha value is -2.54. The van der Waals surface area contributed by atoms with E-state index < -0.39 is 23.3 Å². The Kier molecular flexibility index (Phi) is 5.73. The minimum atomic E-state index is -0.708. The Morgan fingerprint density at radius 2 is 1.80 bits per heavy atom. The van der Waals surface area contributed by atoms with Crippen molar-refractivity contribution in [3.05, 3.63) is 69.8 Å². The van der Waals surface area contributed by atoms with Crippen LogP contribution in [0.4, 0.5) is 8.78 Å². The topological polar surface area (TPSA) is 42.3 Å². The fourth-order valence-electron chi connectivity index (χ4n) is 4.13. The maximum absolute atomic E-state index is 13.9. The molecule has 0 aliphatic carbocycles. The molecule has 7 heteroatoms. The van der Waals surface area contributed by atoms with Gasteiger partial charge in [0.25, 0.3) is 0 Å². The fourth-order valence-corrected chi connectivity index (χ4v) is 4.67. The molecule has 1 aromatic heterocycles. The molecule has 1 fully saturated rings. The molecule has 156 valence electrons. The number of fused-ring (bicyclic) bond motifs is 1. The molecule has 1 amide bonds. The Morgan fingerprint density at radius 3 is 2.53 bits per heavy atom. The summed E-state index contributed by atoms with van der Waals surface area (Å²) < 4.78 is 30.3. The zero-order valence-corrected chi connectivity index (χ0v) is 18.1. The van der Waals surface area contributed by atoms with Gasteiger partial charge in [-0.2, -0.15) is 0 Å². The molecule has 1 saturated heterocycles. The van der Waals surface area contributed by atoms with E-state index in [9.17, 15) is 18.4 Å². The van der Waals surface area contributed by atoms with Crippen molar-refractivity contribution in [3.63, 3.8) is 0 Å². The number of carbonyl (C=O) groups excluding carboxylic acids is 2. The van der Waals surface area contributed by atoms with Crippen molar-refractivity contribution in [2.75, 3.05) is 13.1 Å². The van der Waals surface area contributed by atoms with Crippen molar-refractivity contribution in [3.8, 4) is 0 Å². The normalized spacial score (nSPS) is 15.0. The van der Waals surface area contributed by atoms with Crippen LogP contribution in [0.15, 0.2) is 46.9 Å². The lowest BCUT2D eigenvalue weighted by molar-refractivity contribution is -0.133. The third kappa shape index (κ3) is 3.78. The van der Waals surface area contributed by atoms with Crippen LogP contribution in [0.2, 0.25) is 0 Å². The molecule has 0 saturated carbocycles. The highest BCUT2D eigenvalue weighted by atomic mass is 79.9. The van der Waals surface area contributed by atoms with E-state index >= 15 is 0 Å². The zero-order valence-electron chi connectivity index (χ0n) is 16.5. The van der Waals surface area contributed by atoms with E-state index in [-0.39, 0.29) is 18.0 Å². The number of amides is 1. The van der Waals surface area contributed by atoms with Gasteiger partial charge in [0.05, 0.1) is 5.56 Å². The second kappa shape index (κ2) is 8.30. The van der Waals surface area contributed by atoms with E-state index in [2.05, 4.69) is 15.9 Å². The van der Waals surface area contributed by atoms with Crippen LogP contribution in [0, 0.1) is 24.5 Å². The quantitative estimate of drug-likeness (QED) is 0.493. The maximum atomic E-state index is 13.9. The molecular weight excluding hydrogens is 454 g/mol. The number of hydrogen-bond donors (Lipinski definition) is 0. The van der Waals surface area contributed by atoms with Crippen molar-refractivity contribution in [1.29, 1.82) is 0 Å². The van der Waals surface area contributed by atoms with Gasteiger partial charge >= 0.3 is 0 Å². The van der Waals surface area contributed by atoms with Gasteiger partial charge in [-0.05, 0) is 60.0 Å². The standard InChI is InChI=1S/C23H21BrF2N2O2/c1-14-22(24)17-4-2-3-5-20(17)28(14)13-21(29)27-10-8-15(9-11-27)23(30)18-12-16(25)6-7-19(18)26/h2-7,12,15H,8-11,13H2,1H3. The summed E-state index contributed by atoms with van der Waals surface area (Å²) in [4.78, 5) is 27.3. The van der Waals surface area contributed by atoms with E-state index in [1.165, 1.54) is 0 Å². The number of nitrogens with zero attached hydrogens (tertiary/aromatic N) is 2. The first-order valence-corrected chi connectivity index (χ1v) is 10.7. The molecule has 3 aromatic rings. The fraction of sp³-hybridized carbons (Fsp3) is 0.304. The lowest BCUT2D eigenvalue weighted by Gasteiger charge is -2.31. The third-order valence-electron chi connectivity index (χ3n) is 5.86. The number of aromatic nitrogens is 1. The molecule has 2 heterocycles. The Bertz CT molecular complexity index is 1130.